The first kappa shape index (κ1) is 18.3. The maximum absolute atomic E-state index is 9.82. The molecule has 25 heavy (non-hydrogen) atoms. The van der Waals surface area contributed by atoms with Crippen LogP contribution in [-0.2, 0) is 0 Å². The van der Waals surface area contributed by atoms with Gasteiger partial charge in [-0.25, -0.2) is 0 Å². The first-order chi connectivity index (χ1) is 12.0. The Hall–Kier alpha value is -3.02. The van der Waals surface area contributed by atoms with E-state index in [2.05, 4.69) is 0 Å². The third kappa shape index (κ3) is 4.09. The molecule has 0 spiro atoms. The van der Waals surface area contributed by atoms with Crippen LogP contribution in [-0.4, -0.2) is 38.1 Å². The quantitative estimate of drug-likeness (QED) is 0.588. The van der Waals surface area contributed by atoms with Crippen molar-refractivity contribution in [3.63, 3.8) is 0 Å². The maximum atomic E-state index is 9.82. The minimum Gasteiger partial charge on any atom is -0.504 e. The van der Waals surface area contributed by atoms with E-state index in [1.165, 1.54) is 6.07 Å². The van der Waals surface area contributed by atoms with Gasteiger partial charge >= 0.3 is 0 Å². The zero-order valence-electron chi connectivity index (χ0n) is 14.7. The highest BCUT2D eigenvalue weighted by atomic mass is 16.5. The Morgan fingerprint density at radius 3 is 1.80 bits per heavy atom. The number of aromatic hydroxyl groups is 2. The lowest BCUT2D eigenvalue weighted by molar-refractivity contribution is 0.309. The van der Waals surface area contributed by atoms with Crippen molar-refractivity contribution in [1.82, 2.24) is 0 Å². The average molecular weight is 346 g/mol. The van der Waals surface area contributed by atoms with Gasteiger partial charge < -0.3 is 29.2 Å². The normalized spacial score (nSPS) is 10.7. The van der Waals surface area contributed by atoms with Gasteiger partial charge in [-0.15, -0.1) is 0 Å². The van der Waals surface area contributed by atoms with E-state index < -0.39 is 0 Å². The van der Waals surface area contributed by atoms with Crippen molar-refractivity contribution in [2.45, 2.75) is 6.92 Å². The van der Waals surface area contributed by atoms with Crippen LogP contribution in [0.2, 0.25) is 0 Å². The summed E-state index contributed by atoms with van der Waals surface area (Å²) in [7, 11) is 4.65. The standard InChI is InChI=1S/C19H22O6/c1-5-25-15-9-12(8-14(20)18(15)21)6-7-13-10-16(22-2)19(24-4)17(11-13)23-3/h6-11,20-21H,5H2,1-4H3/b7-6+. The van der Waals surface area contributed by atoms with Crippen LogP contribution in [0.15, 0.2) is 24.3 Å². The predicted molar refractivity (Wildman–Crippen MR) is 96.0 cm³/mol. The Labute approximate surface area is 146 Å². The Bertz CT molecular complexity index is 742. The number of hydrogen-bond acceptors (Lipinski definition) is 6. The fourth-order valence-corrected chi connectivity index (χ4v) is 2.37. The van der Waals surface area contributed by atoms with Crippen LogP contribution in [0, 0.1) is 0 Å². The Kier molecular flexibility index (Phi) is 6.00. The SMILES string of the molecule is CCOc1cc(/C=C/c2cc(OC)c(OC)c(OC)c2)cc(O)c1O. The molecule has 0 radical (unpaired) electrons. The molecule has 0 aliphatic rings. The summed E-state index contributed by atoms with van der Waals surface area (Å²) in [6.07, 6.45) is 3.61. The molecule has 6 nitrogen and oxygen atoms in total. The highest BCUT2D eigenvalue weighted by Crippen LogP contribution is 2.39. The molecule has 2 aromatic rings. The summed E-state index contributed by atoms with van der Waals surface area (Å²) in [5.41, 5.74) is 1.49. The zero-order valence-corrected chi connectivity index (χ0v) is 14.7. The van der Waals surface area contributed by atoms with Crippen molar-refractivity contribution in [2.24, 2.45) is 0 Å². The van der Waals surface area contributed by atoms with Gasteiger partial charge in [-0.05, 0) is 42.3 Å². The molecule has 6 heteroatoms. The maximum Gasteiger partial charge on any atom is 0.203 e. The summed E-state index contributed by atoms with van der Waals surface area (Å²) in [4.78, 5) is 0. The lowest BCUT2D eigenvalue weighted by Gasteiger charge is -2.13. The average Bonchev–Trinajstić information content (AvgIpc) is 2.62. The summed E-state index contributed by atoms with van der Waals surface area (Å²) >= 11 is 0. The summed E-state index contributed by atoms with van der Waals surface area (Å²) in [5, 5.41) is 19.6. The van der Waals surface area contributed by atoms with Gasteiger partial charge in [0.2, 0.25) is 11.5 Å². The van der Waals surface area contributed by atoms with E-state index in [-0.39, 0.29) is 17.2 Å². The summed E-state index contributed by atoms with van der Waals surface area (Å²) in [5.74, 6) is 1.33. The van der Waals surface area contributed by atoms with Crippen molar-refractivity contribution in [3.05, 3.63) is 35.4 Å². The number of phenols is 2. The second-order valence-electron chi connectivity index (χ2n) is 5.11. The van der Waals surface area contributed by atoms with Gasteiger partial charge in [-0.1, -0.05) is 12.2 Å². The van der Waals surface area contributed by atoms with Gasteiger partial charge in [-0.2, -0.15) is 0 Å². The van der Waals surface area contributed by atoms with Crippen LogP contribution in [0.4, 0.5) is 0 Å². The summed E-state index contributed by atoms with van der Waals surface area (Å²) < 4.78 is 21.3. The van der Waals surface area contributed by atoms with Gasteiger partial charge in [0, 0.05) is 0 Å². The smallest absolute Gasteiger partial charge is 0.203 e. The van der Waals surface area contributed by atoms with Gasteiger partial charge in [-0.3, -0.25) is 0 Å². The van der Waals surface area contributed by atoms with E-state index in [0.29, 0.717) is 29.4 Å². The number of hydrogen-bond donors (Lipinski definition) is 2. The highest BCUT2D eigenvalue weighted by molar-refractivity contribution is 5.74. The Balaban J connectivity index is 2.39. The van der Waals surface area contributed by atoms with E-state index in [9.17, 15) is 10.2 Å². The molecule has 0 heterocycles. The van der Waals surface area contributed by atoms with Crippen molar-refractivity contribution in [3.8, 4) is 34.5 Å². The molecule has 0 aliphatic heterocycles. The van der Waals surface area contributed by atoms with E-state index in [1.807, 2.05) is 18.2 Å². The molecule has 0 aromatic heterocycles. The molecule has 0 saturated heterocycles. The van der Waals surface area contributed by atoms with Gasteiger partial charge in [0.15, 0.2) is 23.0 Å². The number of rotatable bonds is 7. The van der Waals surface area contributed by atoms with Gasteiger partial charge in [0.05, 0.1) is 27.9 Å². The van der Waals surface area contributed by atoms with Gasteiger partial charge in [0.1, 0.15) is 0 Å². The largest absolute Gasteiger partial charge is 0.504 e. The monoisotopic (exact) mass is 346 g/mol. The van der Waals surface area contributed by atoms with Crippen LogP contribution in [0.25, 0.3) is 12.2 Å². The molecule has 2 N–H and O–H groups in total. The predicted octanol–water partition coefficient (Wildman–Crippen LogP) is 3.69. The molecular formula is C19H22O6. The molecule has 2 rings (SSSR count). The minimum absolute atomic E-state index is 0.229. The second-order valence-corrected chi connectivity index (χ2v) is 5.11. The molecule has 0 fully saturated rings. The van der Waals surface area contributed by atoms with Crippen molar-refractivity contribution < 1.29 is 29.2 Å². The second kappa shape index (κ2) is 8.19. The van der Waals surface area contributed by atoms with Crippen LogP contribution in [0.1, 0.15) is 18.1 Å². The topological polar surface area (TPSA) is 77.4 Å². The van der Waals surface area contributed by atoms with Crippen molar-refractivity contribution in [2.75, 3.05) is 27.9 Å². The summed E-state index contributed by atoms with van der Waals surface area (Å²) in [6, 6.07) is 6.71. The van der Waals surface area contributed by atoms with Crippen LogP contribution >= 0.6 is 0 Å². The number of phenolic OH excluding ortho intramolecular Hbond substituents is 2. The number of benzene rings is 2. The molecule has 0 saturated carbocycles. The molecule has 0 amide bonds. The van der Waals surface area contributed by atoms with Crippen molar-refractivity contribution >= 4 is 12.2 Å². The first-order valence-corrected chi connectivity index (χ1v) is 7.70. The third-order valence-electron chi connectivity index (χ3n) is 3.53. The number of methoxy groups -OCH3 is 3. The highest BCUT2D eigenvalue weighted by Gasteiger charge is 2.12. The van der Waals surface area contributed by atoms with Crippen LogP contribution < -0.4 is 18.9 Å². The molecule has 2 aromatic carbocycles. The first-order valence-electron chi connectivity index (χ1n) is 7.70. The van der Waals surface area contributed by atoms with E-state index in [1.54, 1.807) is 40.4 Å². The Morgan fingerprint density at radius 1 is 0.800 bits per heavy atom. The number of ether oxygens (including phenoxy) is 4. The molecule has 0 bridgehead atoms. The molecule has 0 unspecified atom stereocenters. The zero-order chi connectivity index (χ0) is 18.4. The van der Waals surface area contributed by atoms with Crippen LogP contribution in [0.5, 0.6) is 34.5 Å². The fourth-order valence-electron chi connectivity index (χ4n) is 2.37. The molecule has 0 atom stereocenters. The van der Waals surface area contributed by atoms with Crippen LogP contribution in [0.3, 0.4) is 0 Å². The van der Waals surface area contributed by atoms with E-state index in [4.69, 9.17) is 18.9 Å². The lowest BCUT2D eigenvalue weighted by atomic mass is 10.1. The van der Waals surface area contributed by atoms with Crippen molar-refractivity contribution in [1.29, 1.82) is 0 Å². The van der Waals surface area contributed by atoms with E-state index in [0.717, 1.165) is 5.56 Å². The summed E-state index contributed by atoms with van der Waals surface area (Å²) in [6.45, 7) is 2.18. The lowest BCUT2D eigenvalue weighted by Crippen LogP contribution is -1.95. The molecular weight excluding hydrogens is 324 g/mol. The van der Waals surface area contributed by atoms with E-state index >= 15 is 0 Å². The minimum atomic E-state index is -0.271. The third-order valence-corrected chi connectivity index (χ3v) is 3.53. The fraction of sp³-hybridized carbons (Fsp3) is 0.263. The molecule has 0 aliphatic carbocycles. The van der Waals surface area contributed by atoms with Gasteiger partial charge in [0.25, 0.3) is 0 Å². The molecule has 134 valence electrons. The Morgan fingerprint density at radius 2 is 1.32 bits per heavy atom.